The summed E-state index contributed by atoms with van der Waals surface area (Å²) in [5.41, 5.74) is 3.29. The highest BCUT2D eigenvalue weighted by Gasteiger charge is 2.18. The molecule has 6 nitrogen and oxygen atoms in total. The number of para-hydroxylation sites is 1. The minimum Gasteiger partial charge on any atom is -0.378 e. The van der Waals surface area contributed by atoms with Crippen molar-refractivity contribution in [1.29, 1.82) is 0 Å². The van der Waals surface area contributed by atoms with Crippen LogP contribution in [0.4, 0.5) is 11.4 Å². The Morgan fingerprint density at radius 2 is 1.82 bits per heavy atom. The van der Waals surface area contributed by atoms with Gasteiger partial charge in [0.15, 0.2) is 0 Å². The van der Waals surface area contributed by atoms with Crippen molar-refractivity contribution in [2.75, 3.05) is 43.5 Å². The highest BCUT2D eigenvalue weighted by molar-refractivity contribution is 5.96. The molecule has 1 aliphatic heterocycles. The first-order chi connectivity index (χ1) is 13.5. The molecule has 0 unspecified atom stereocenters. The van der Waals surface area contributed by atoms with Gasteiger partial charge in [0, 0.05) is 30.0 Å². The lowest BCUT2D eigenvalue weighted by Gasteiger charge is -2.27. The Bertz CT molecular complexity index is 829. The molecule has 0 bridgehead atoms. The van der Waals surface area contributed by atoms with Crippen molar-refractivity contribution in [2.45, 2.75) is 19.8 Å². The Hall–Kier alpha value is -2.86. The van der Waals surface area contributed by atoms with Crippen molar-refractivity contribution >= 4 is 23.2 Å². The standard InChI is InChI=1S/C22H27N3O3/c1-16(2)19-8-3-4-9-20(19)24-21(26)15-23-18-7-5-6-17(14-18)22(27)25-10-12-28-13-11-25/h3-9,14,16,23H,10-13,15H2,1-2H3,(H,24,26). The summed E-state index contributed by atoms with van der Waals surface area (Å²) in [6.45, 7) is 6.67. The summed E-state index contributed by atoms with van der Waals surface area (Å²) in [6.07, 6.45) is 0. The van der Waals surface area contributed by atoms with Crippen molar-refractivity contribution in [3.8, 4) is 0 Å². The predicted octanol–water partition coefficient (Wildman–Crippen LogP) is 3.33. The molecule has 0 aliphatic carbocycles. The minimum atomic E-state index is -0.127. The van der Waals surface area contributed by atoms with Crippen LogP contribution in [0, 0.1) is 0 Å². The highest BCUT2D eigenvalue weighted by Crippen LogP contribution is 2.23. The second kappa shape index (κ2) is 9.37. The van der Waals surface area contributed by atoms with E-state index in [4.69, 9.17) is 4.74 Å². The fraction of sp³-hybridized carbons (Fsp3) is 0.364. The van der Waals surface area contributed by atoms with E-state index in [-0.39, 0.29) is 18.4 Å². The Labute approximate surface area is 165 Å². The van der Waals surface area contributed by atoms with E-state index in [0.717, 1.165) is 16.9 Å². The maximum absolute atomic E-state index is 12.6. The van der Waals surface area contributed by atoms with E-state index in [2.05, 4.69) is 24.5 Å². The van der Waals surface area contributed by atoms with Crippen LogP contribution >= 0.6 is 0 Å². The molecule has 0 spiro atoms. The second-order valence-electron chi connectivity index (χ2n) is 7.13. The molecule has 1 saturated heterocycles. The lowest BCUT2D eigenvalue weighted by molar-refractivity contribution is -0.114. The average Bonchev–Trinajstić information content (AvgIpc) is 2.73. The maximum Gasteiger partial charge on any atom is 0.254 e. The smallest absolute Gasteiger partial charge is 0.254 e. The Kier molecular flexibility index (Phi) is 6.66. The summed E-state index contributed by atoms with van der Waals surface area (Å²) in [4.78, 5) is 26.7. The van der Waals surface area contributed by atoms with Crippen molar-refractivity contribution in [3.63, 3.8) is 0 Å². The van der Waals surface area contributed by atoms with Gasteiger partial charge in [0.25, 0.3) is 5.91 Å². The van der Waals surface area contributed by atoms with Gasteiger partial charge in [-0.15, -0.1) is 0 Å². The van der Waals surface area contributed by atoms with E-state index < -0.39 is 0 Å². The lowest BCUT2D eigenvalue weighted by Crippen LogP contribution is -2.40. The van der Waals surface area contributed by atoms with E-state index in [1.807, 2.05) is 36.4 Å². The summed E-state index contributed by atoms with van der Waals surface area (Å²) in [5, 5.41) is 6.06. The number of morpholine rings is 1. The van der Waals surface area contributed by atoms with Gasteiger partial charge in [-0.3, -0.25) is 9.59 Å². The third kappa shape index (κ3) is 5.10. The third-order valence-electron chi connectivity index (χ3n) is 4.72. The number of rotatable bonds is 6. The molecular formula is C22H27N3O3. The van der Waals surface area contributed by atoms with E-state index in [1.165, 1.54) is 0 Å². The van der Waals surface area contributed by atoms with Crippen LogP contribution in [0.2, 0.25) is 0 Å². The molecule has 2 aromatic carbocycles. The Balaban J connectivity index is 1.59. The van der Waals surface area contributed by atoms with Gasteiger partial charge in [-0.2, -0.15) is 0 Å². The van der Waals surface area contributed by atoms with Crippen molar-refractivity contribution in [1.82, 2.24) is 4.90 Å². The first-order valence-electron chi connectivity index (χ1n) is 9.64. The van der Waals surface area contributed by atoms with Crippen LogP contribution in [0.5, 0.6) is 0 Å². The molecule has 2 aromatic rings. The van der Waals surface area contributed by atoms with Crippen LogP contribution in [0.25, 0.3) is 0 Å². The molecule has 1 heterocycles. The van der Waals surface area contributed by atoms with Crippen LogP contribution in [0.3, 0.4) is 0 Å². The number of amides is 2. The maximum atomic E-state index is 12.6. The second-order valence-corrected chi connectivity index (χ2v) is 7.13. The number of carbonyl (C=O) groups is 2. The monoisotopic (exact) mass is 381 g/mol. The van der Waals surface area contributed by atoms with Gasteiger partial charge in [-0.25, -0.2) is 0 Å². The van der Waals surface area contributed by atoms with Gasteiger partial charge in [0.05, 0.1) is 19.8 Å². The zero-order valence-electron chi connectivity index (χ0n) is 16.4. The largest absolute Gasteiger partial charge is 0.378 e. The zero-order chi connectivity index (χ0) is 19.9. The average molecular weight is 381 g/mol. The molecule has 0 saturated carbocycles. The number of anilines is 2. The highest BCUT2D eigenvalue weighted by atomic mass is 16.5. The van der Waals surface area contributed by atoms with Crippen molar-refractivity contribution < 1.29 is 14.3 Å². The molecule has 1 aliphatic rings. The summed E-state index contributed by atoms with van der Waals surface area (Å²) in [5.74, 6) is 0.188. The van der Waals surface area contributed by atoms with Gasteiger partial charge >= 0.3 is 0 Å². The van der Waals surface area contributed by atoms with Crippen LogP contribution in [-0.2, 0) is 9.53 Å². The number of hydrogen-bond acceptors (Lipinski definition) is 4. The van der Waals surface area contributed by atoms with Crippen LogP contribution in [0.1, 0.15) is 35.7 Å². The van der Waals surface area contributed by atoms with Gasteiger partial charge in [-0.05, 0) is 35.7 Å². The fourth-order valence-electron chi connectivity index (χ4n) is 3.20. The zero-order valence-corrected chi connectivity index (χ0v) is 16.4. The van der Waals surface area contributed by atoms with Crippen molar-refractivity contribution in [2.24, 2.45) is 0 Å². The van der Waals surface area contributed by atoms with Crippen LogP contribution in [-0.4, -0.2) is 49.6 Å². The third-order valence-corrected chi connectivity index (χ3v) is 4.72. The summed E-state index contributed by atoms with van der Waals surface area (Å²) >= 11 is 0. The molecule has 1 fully saturated rings. The number of nitrogens with one attached hydrogen (secondary N) is 2. The molecular weight excluding hydrogens is 354 g/mol. The van der Waals surface area contributed by atoms with E-state index >= 15 is 0 Å². The minimum absolute atomic E-state index is 0.0118. The molecule has 28 heavy (non-hydrogen) atoms. The lowest BCUT2D eigenvalue weighted by atomic mass is 10.0. The predicted molar refractivity (Wildman–Crippen MR) is 111 cm³/mol. The molecule has 0 atom stereocenters. The molecule has 2 N–H and O–H groups in total. The SMILES string of the molecule is CC(C)c1ccccc1NC(=O)CNc1cccc(C(=O)N2CCOCC2)c1. The topological polar surface area (TPSA) is 70.7 Å². The Morgan fingerprint density at radius 1 is 1.07 bits per heavy atom. The number of carbonyl (C=O) groups excluding carboxylic acids is 2. The van der Waals surface area contributed by atoms with Crippen LogP contribution in [0.15, 0.2) is 48.5 Å². The van der Waals surface area contributed by atoms with Crippen molar-refractivity contribution in [3.05, 3.63) is 59.7 Å². The van der Waals surface area contributed by atoms with E-state index in [1.54, 1.807) is 17.0 Å². The summed E-state index contributed by atoms with van der Waals surface area (Å²) in [6, 6.07) is 15.1. The van der Waals surface area contributed by atoms with Gasteiger partial charge in [0.1, 0.15) is 0 Å². The van der Waals surface area contributed by atoms with Gasteiger partial charge in [0.2, 0.25) is 5.91 Å². The van der Waals surface area contributed by atoms with Gasteiger partial charge in [-0.1, -0.05) is 38.1 Å². The first-order valence-corrected chi connectivity index (χ1v) is 9.64. The molecule has 0 aromatic heterocycles. The number of ether oxygens (including phenoxy) is 1. The van der Waals surface area contributed by atoms with E-state index in [0.29, 0.717) is 37.8 Å². The van der Waals surface area contributed by atoms with Crippen LogP contribution < -0.4 is 10.6 Å². The molecule has 148 valence electrons. The molecule has 2 amide bonds. The number of benzene rings is 2. The number of nitrogens with zero attached hydrogens (tertiary/aromatic N) is 1. The first kappa shape index (κ1) is 19.9. The fourth-order valence-corrected chi connectivity index (χ4v) is 3.20. The summed E-state index contributed by atoms with van der Waals surface area (Å²) < 4.78 is 5.30. The quantitative estimate of drug-likeness (QED) is 0.805. The Morgan fingerprint density at radius 3 is 2.57 bits per heavy atom. The summed E-state index contributed by atoms with van der Waals surface area (Å²) in [7, 11) is 0. The number of hydrogen-bond donors (Lipinski definition) is 2. The molecule has 6 heteroatoms. The molecule has 3 rings (SSSR count). The van der Waals surface area contributed by atoms with E-state index in [9.17, 15) is 9.59 Å². The van der Waals surface area contributed by atoms with Gasteiger partial charge < -0.3 is 20.3 Å². The molecule has 0 radical (unpaired) electrons. The normalized spacial score (nSPS) is 14.0.